The molecule has 132 valence electrons. The zero-order valence-corrected chi connectivity index (χ0v) is 15.7. The summed E-state index contributed by atoms with van der Waals surface area (Å²) in [5, 5.41) is 0. The first kappa shape index (κ1) is 20.2. The van der Waals surface area contributed by atoms with E-state index in [1.54, 1.807) is 12.1 Å². The van der Waals surface area contributed by atoms with Crippen LogP contribution in [0.2, 0.25) is 0 Å². The lowest BCUT2D eigenvalue weighted by Gasteiger charge is -2.12. The van der Waals surface area contributed by atoms with Crippen LogP contribution >= 0.6 is 0 Å². The molecule has 1 atom stereocenters. The van der Waals surface area contributed by atoms with Crippen molar-refractivity contribution >= 4 is 10.1 Å². The fourth-order valence-electron chi connectivity index (χ4n) is 2.84. The fraction of sp³-hybridized carbons (Fsp3) is 0.684. The summed E-state index contributed by atoms with van der Waals surface area (Å²) in [7, 11) is -2.38. The van der Waals surface area contributed by atoms with Gasteiger partial charge in [-0.2, -0.15) is 8.42 Å². The maximum absolute atomic E-state index is 11.6. The summed E-state index contributed by atoms with van der Waals surface area (Å²) in [4.78, 5) is 0.225. The highest BCUT2D eigenvalue weighted by atomic mass is 32.2. The van der Waals surface area contributed by atoms with Crippen LogP contribution in [0.25, 0.3) is 0 Å². The van der Waals surface area contributed by atoms with Gasteiger partial charge >= 0.3 is 0 Å². The molecule has 0 spiro atoms. The molecule has 0 saturated carbocycles. The predicted molar refractivity (Wildman–Crippen MR) is 96.1 cm³/mol. The van der Waals surface area contributed by atoms with Crippen LogP contribution in [0.15, 0.2) is 29.2 Å². The maximum atomic E-state index is 11.6. The third-order valence-electron chi connectivity index (χ3n) is 4.32. The van der Waals surface area contributed by atoms with Crippen LogP contribution in [-0.4, -0.2) is 15.5 Å². The SMILES string of the molecule is CCCCCCCCCC(C)Cc1ccc(S(=O)(=O)OC)cc1. The van der Waals surface area contributed by atoms with Gasteiger partial charge in [-0.05, 0) is 30.0 Å². The molecule has 0 saturated heterocycles. The Kier molecular flexibility index (Phi) is 9.49. The summed E-state index contributed by atoms with van der Waals surface area (Å²) >= 11 is 0. The Morgan fingerprint density at radius 3 is 2.09 bits per heavy atom. The lowest BCUT2D eigenvalue weighted by molar-refractivity contribution is 0.397. The van der Waals surface area contributed by atoms with Crippen LogP contribution in [-0.2, 0) is 20.7 Å². The summed E-state index contributed by atoms with van der Waals surface area (Å²) in [6.45, 7) is 4.52. The molecular weight excluding hydrogens is 308 g/mol. The molecule has 1 aromatic rings. The Balaban J connectivity index is 2.28. The maximum Gasteiger partial charge on any atom is 0.296 e. The molecule has 1 rings (SSSR count). The smallest absolute Gasteiger partial charge is 0.270 e. The Labute approximate surface area is 142 Å². The van der Waals surface area contributed by atoms with Gasteiger partial charge in [0.05, 0.1) is 12.0 Å². The third-order valence-corrected chi connectivity index (χ3v) is 5.60. The minimum absolute atomic E-state index is 0.225. The van der Waals surface area contributed by atoms with Crippen molar-refractivity contribution in [3.8, 4) is 0 Å². The standard InChI is InChI=1S/C19H32O3S/c1-4-5-6-7-8-9-10-11-17(2)16-18-12-14-19(15-13-18)23(20,21)22-3/h12-15,17H,4-11,16H2,1-3H3. The van der Waals surface area contributed by atoms with Gasteiger partial charge < -0.3 is 0 Å². The molecule has 0 radical (unpaired) electrons. The van der Waals surface area contributed by atoms with Crippen molar-refractivity contribution in [2.24, 2.45) is 5.92 Å². The van der Waals surface area contributed by atoms with Gasteiger partial charge in [-0.3, -0.25) is 4.18 Å². The van der Waals surface area contributed by atoms with E-state index in [2.05, 4.69) is 18.0 Å². The Hall–Kier alpha value is -0.870. The van der Waals surface area contributed by atoms with Crippen molar-refractivity contribution in [3.05, 3.63) is 29.8 Å². The van der Waals surface area contributed by atoms with E-state index in [1.165, 1.54) is 64.0 Å². The molecule has 0 aliphatic rings. The average molecular weight is 341 g/mol. The second kappa shape index (κ2) is 10.8. The molecule has 0 aliphatic heterocycles. The summed E-state index contributed by atoms with van der Waals surface area (Å²) < 4.78 is 27.7. The minimum atomic E-state index is -3.57. The Bertz CT molecular complexity index is 520. The molecule has 0 amide bonds. The molecule has 0 heterocycles. The molecular formula is C19H32O3S. The van der Waals surface area contributed by atoms with Crippen molar-refractivity contribution in [3.63, 3.8) is 0 Å². The molecule has 0 aliphatic carbocycles. The monoisotopic (exact) mass is 340 g/mol. The van der Waals surface area contributed by atoms with Crippen molar-refractivity contribution in [2.45, 2.75) is 76.5 Å². The quantitative estimate of drug-likeness (QED) is 0.381. The van der Waals surface area contributed by atoms with Crippen molar-refractivity contribution in [1.82, 2.24) is 0 Å². The summed E-state index contributed by atoms with van der Waals surface area (Å²) in [5.74, 6) is 0.635. The molecule has 0 bridgehead atoms. The zero-order valence-electron chi connectivity index (χ0n) is 14.9. The summed E-state index contributed by atoms with van der Waals surface area (Å²) in [6, 6.07) is 7.06. The zero-order chi connectivity index (χ0) is 17.1. The molecule has 1 aromatic carbocycles. The van der Waals surface area contributed by atoms with E-state index in [4.69, 9.17) is 0 Å². The lowest BCUT2D eigenvalue weighted by atomic mass is 9.95. The van der Waals surface area contributed by atoms with E-state index in [0.717, 1.165) is 6.42 Å². The van der Waals surface area contributed by atoms with Crippen molar-refractivity contribution in [2.75, 3.05) is 7.11 Å². The number of rotatable bonds is 12. The first-order valence-corrected chi connectivity index (χ1v) is 10.3. The molecule has 4 heteroatoms. The highest BCUT2D eigenvalue weighted by molar-refractivity contribution is 7.86. The second-order valence-corrected chi connectivity index (χ2v) is 8.20. The normalized spacial score (nSPS) is 13.2. The van der Waals surface area contributed by atoms with Gasteiger partial charge in [0.25, 0.3) is 10.1 Å². The average Bonchev–Trinajstić information content (AvgIpc) is 2.54. The predicted octanol–water partition coefficient (Wildman–Crippen LogP) is 5.34. The highest BCUT2D eigenvalue weighted by Crippen LogP contribution is 2.19. The molecule has 0 aromatic heterocycles. The van der Waals surface area contributed by atoms with E-state index in [0.29, 0.717) is 5.92 Å². The third kappa shape index (κ3) is 7.98. The van der Waals surface area contributed by atoms with Gasteiger partial charge in [0.2, 0.25) is 0 Å². The minimum Gasteiger partial charge on any atom is -0.270 e. The van der Waals surface area contributed by atoms with Gasteiger partial charge in [-0.1, -0.05) is 77.3 Å². The van der Waals surface area contributed by atoms with Crippen molar-refractivity contribution < 1.29 is 12.6 Å². The molecule has 0 N–H and O–H groups in total. The van der Waals surface area contributed by atoms with Crippen LogP contribution in [0.4, 0.5) is 0 Å². The summed E-state index contributed by atoms with van der Waals surface area (Å²) in [5.41, 5.74) is 1.19. The van der Waals surface area contributed by atoms with Crippen LogP contribution < -0.4 is 0 Å². The molecule has 23 heavy (non-hydrogen) atoms. The fourth-order valence-corrected chi connectivity index (χ4v) is 3.50. The van der Waals surface area contributed by atoms with E-state index < -0.39 is 10.1 Å². The highest BCUT2D eigenvalue weighted by Gasteiger charge is 2.12. The van der Waals surface area contributed by atoms with E-state index >= 15 is 0 Å². The van der Waals surface area contributed by atoms with Gasteiger partial charge in [0.1, 0.15) is 0 Å². The number of unbranched alkanes of at least 4 members (excludes halogenated alkanes) is 6. The number of hydrogen-bond acceptors (Lipinski definition) is 3. The van der Waals surface area contributed by atoms with E-state index in [9.17, 15) is 8.42 Å². The Morgan fingerprint density at radius 1 is 0.957 bits per heavy atom. The van der Waals surface area contributed by atoms with Crippen LogP contribution in [0.1, 0.15) is 70.8 Å². The lowest BCUT2D eigenvalue weighted by Crippen LogP contribution is -2.04. The van der Waals surface area contributed by atoms with Gasteiger partial charge in [-0.15, -0.1) is 0 Å². The molecule has 1 unspecified atom stereocenters. The number of benzene rings is 1. The molecule has 0 fully saturated rings. The second-order valence-electron chi connectivity index (χ2n) is 6.48. The van der Waals surface area contributed by atoms with Gasteiger partial charge in [-0.25, -0.2) is 0 Å². The summed E-state index contributed by atoms with van der Waals surface area (Å²) in [6.07, 6.45) is 11.7. The van der Waals surface area contributed by atoms with Gasteiger partial charge in [0, 0.05) is 0 Å². The van der Waals surface area contributed by atoms with Gasteiger partial charge in [0.15, 0.2) is 0 Å². The first-order valence-electron chi connectivity index (χ1n) is 8.89. The van der Waals surface area contributed by atoms with Crippen molar-refractivity contribution in [1.29, 1.82) is 0 Å². The van der Waals surface area contributed by atoms with Crippen LogP contribution in [0.3, 0.4) is 0 Å². The topological polar surface area (TPSA) is 43.4 Å². The number of hydrogen-bond donors (Lipinski definition) is 0. The first-order chi connectivity index (χ1) is 11.0. The van der Waals surface area contributed by atoms with Crippen LogP contribution in [0, 0.1) is 5.92 Å². The van der Waals surface area contributed by atoms with Crippen LogP contribution in [0.5, 0.6) is 0 Å². The largest absolute Gasteiger partial charge is 0.296 e. The van der Waals surface area contributed by atoms with E-state index in [-0.39, 0.29) is 4.90 Å². The molecule has 3 nitrogen and oxygen atoms in total. The Morgan fingerprint density at radius 2 is 1.52 bits per heavy atom. The van der Waals surface area contributed by atoms with E-state index in [1.807, 2.05) is 12.1 Å².